The van der Waals surface area contributed by atoms with E-state index in [0.29, 0.717) is 11.5 Å². The highest BCUT2D eigenvalue weighted by molar-refractivity contribution is 6.02. The summed E-state index contributed by atoms with van der Waals surface area (Å²) in [6, 6.07) is 14.7. The van der Waals surface area contributed by atoms with E-state index in [1.54, 1.807) is 26.4 Å². The van der Waals surface area contributed by atoms with E-state index in [4.69, 9.17) is 9.47 Å². The van der Waals surface area contributed by atoms with Crippen molar-refractivity contribution in [3.8, 4) is 11.5 Å². The molecule has 0 aliphatic heterocycles. The Morgan fingerprint density at radius 1 is 1.05 bits per heavy atom. The van der Waals surface area contributed by atoms with Crippen molar-refractivity contribution < 1.29 is 14.3 Å². The molecule has 2 aromatic rings. The predicted octanol–water partition coefficient (Wildman–Crippen LogP) is 3.36. The molecule has 1 amide bonds. The molecule has 0 heterocycles. The van der Waals surface area contributed by atoms with Crippen LogP contribution in [0.5, 0.6) is 11.5 Å². The number of hydrogen-bond donors (Lipinski definition) is 1. The number of carbonyl (C=O) groups excluding carboxylic acids is 1. The number of anilines is 1. The van der Waals surface area contributed by atoms with Crippen LogP contribution in [0.15, 0.2) is 54.6 Å². The maximum absolute atomic E-state index is 11.8. The molecule has 0 atom stereocenters. The maximum Gasteiger partial charge on any atom is 0.248 e. The van der Waals surface area contributed by atoms with Gasteiger partial charge in [-0.3, -0.25) is 4.79 Å². The van der Waals surface area contributed by atoms with Crippen molar-refractivity contribution in [2.45, 2.75) is 0 Å². The summed E-state index contributed by atoms with van der Waals surface area (Å²) in [7, 11) is 3.17. The molecule has 4 nitrogen and oxygen atoms in total. The number of rotatable bonds is 5. The quantitative estimate of drug-likeness (QED) is 0.856. The number of nitrogens with one attached hydrogen (secondary N) is 1. The molecule has 2 rings (SSSR count). The molecule has 0 saturated carbocycles. The van der Waals surface area contributed by atoms with Gasteiger partial charge in [0.25, 0.3) is 0 Å². The zero-order valence-corrected chi connectivity index (χ0v) is 12.0. The van der Waals surface area contributed by atoms with Gasteiger partial charge in [0.1, 0.15) is 11.5 Å². The lowest BCUT2D eigenvalue weighted by Gasteiger charge is -2.07. The normalized spacial score (nSPS) is 10.4. The Balaban J connectivity index is 2.08. The van der Waals surface area contributed by atoms with E-state index in [9.17, 15) is 4.79 Å². The highest BCUT2D eigenvalue weighted by atomic mass is 16.5. The predicted molar refractivity (Wildman–Crippen MR) is 83.7 cm³/mol. The van der Waals surface area contributed by atoms with Crippen molar-refractivity contribution in [2.75, 3.05) is 19.5 Å². The molecule has 0 saturated heterocycles. The van der Waals surface area contributed by atoms with Gasteiger partial charge in [-0.15, -0.1) is 0 Å². The van der Waals surface area contributed by atoms with E-state index in [-0.39, 0.29) is 5.91 Å². The molecule has 0 spiro atoms. The molecule has 108 valence electrons. The van der Waals surface area contributed by atoms with Gasteiger partial charge < -0.3 is 14.8 Å². The zero-order chi connectivity index (χ0) is 15.1. The first kappa shape index (κ1) is 14.7. The lowest BCUT2D eigenvalue weighted by molar-refractivity contribution is -0.111. The van der Waals surface area contributed by atoms with Crippen LogP contribution < -0.4 is 14.8 Å². The second-order valence-corrected chi connectivity index (χ2v) is 4.30. The number of carbonyl (C=O) groups is 1. The van der Waals surface area contributed by atoms with Crippen LogP contribution in [0, 0.1) is 0 Å². The highest BCUT2D eigenvalue weighted by Crippen LogP contribution is 2.25. The van der Waals surface area contributed by atoms with E-state index in [1.807, 2.05) is 42.5 Å². The van der Waals surface area contributed by atoms with Crippen molar-refractivity contribution in [3.05, 3.63) is 60.2 Å². The van der Waals surface area contributed by atoms with Crippen molar-refractivity contribution in [3.63, 3.8) is 0 Å². The lowest BCUT2D eigenvalue weighted by atomic mass is 10.1. The Hall–Kier alpha value is -2.75. The van der Waals surface area contributed by atoms with Crippen molar-refractivity contribution in [2.24, 2.45) is 0 Å². The molecular formula is C17H17NO3. The second kappa shape index (κ2) is 7.14. The van der Waals surface area contributed by atoms with Crippen LogP contribution in [-0.4, -0.2) is 20.1 Å². The summed E-state index contributed by atoms with van der Waals surface area (Å²) in [4.78, 5) is 11.8. The molecule has 4 heteroatoms. The van der Waals surface area contributed by atoms with Gasteiger partial charge in [-0.1, -0.05) is 18.2 Å². The minimum atomic E-state index is -0.195. The largest absolute Gasteiger partial charge is 0.497 e. The van der Waals surface area contributed by atoms with Gasteiger partial charge in [-0.2, -0.15) is 0 Å². The van der Waals surface area contributed by atoms with Gasteiger partial charge in [0, 0.05) is 23.4 Å². The first-order valence-corrected chi connectivity index (χ1v) is 6.49. The van der Waals surface area contributed by atoms with Crippen molar-refractivity contribution in [1.29, 1.82) is 0 Å². The molecule has 0 aliphatic rings. The van der Waals surface area contributed by atoms with Crippen molar-refractivity contribution in [1.82, 2.24) is 0 Å². The maximum atomic E-state index is 11.8. The van der Waals surface area contributed by atoms with E-state index < -0.39 is 0 Å². The fraction of sp³-hybridized carbons (Fsp3) is 0.118. The summed E-state index contributed by atoms with van der Waals surface area (Å²) in [6.07, 6.45) is 3.17. The first-order valence-electron chi connectivity index (χ1n) is 6.49. The fourth-order valence-corrected chi connectivity index (χ4v) is 1.83. The third-order valence-electron chi connectivity index (χ3n) is 2.90. The Bertz CT molecular complexity index is 636. The van der Waals surface area contributed by atoms with E-state index in [2.05, 4.69) is 5.32 Å². The van der Waals surface area contributed by atoms with Crippen LogP contribution in [0.1, 0.15) is 5.56 Å². The number of para-hydroxylation sites is 1. The van der Waals surface area contributed by atoms with Gasteiger partial charge in [-0.25, -0.2) is 0 Å². The van der Waals surface area contributed by atoms with Crippen molar-refractivity contribution >= 4 is 17.7 Å². The van der Waals surface area contributed by atoms with Crippen LogP contribution in [-0.2, 0) is 4.79 Å². The van der Waals surface area contributed by atoms with Crippen LogP contribution >= 0.6 is 0 Å². The van der Waals surface area contributed by atoms with Gasteiger partial charge in [0.15, 0.2) is 0 Å². The number of methoxy groups -OCH3 is 2. The molecular weight excluding hydrogens is 266 g/mol. The average molecular weight is 283 g/mol. The number of benzene rings is 2. The lowest BCUT2D eigenvalue weighted by Crippen LogP contribution is -2.07. The molecule has 1 N–H and O–H groups in total. The van der Waals surface area contributed by atoms with E-state index >= 15 is 0 Å². The van der Waals surface area contributed by atoms with Crippen LogP contribution in [0.4, 0.5) is 5.69 Å². The number of ether oxygens (including phenoxy) is 2. The van der Waals surface area contributed by atoms with E-state index in [0.717, 1.165) is 11.3 Å². The van der Waals surface area contributed by atoms with Crippen LogP contribution in [0.2, 0.25) is 0 Å². The molecule has 21 heavy (non-hydrogen) atoms. The van der Waals surface area contributed by atoms with Crippen LogP contribution in [0.3, 0.4) is 0 Å². The third kappa shape index (κ3) is 4.11. The Labute approximate surface area is 124 Å². The number of hydrogen-bond acceptors (Lipinski definition) is 3. The monoisotopic (exact) mass is 283 g/mol. The summed E-state index contributed by atoms with van der Waals surface area (Å²) in [5.41, 5.74) is 1.57. The van der Waals surface area contributed by atoms with Gasteiger partial charge >= 0.3 is 0 Å². The summed E-state index contributed by atoms with van der Waals surface area (Å²) in [6.45, 7) is 0. The van der Waals surface area contributed by atoms with Gasteiger partial charge in [0.05, 0.1) is 14.2 Å². The Morgan fingerprint density at radius 3 is 2.48 bits per heavy atom. The SMILES string of the molecule is COc1ccc(/C=C/C(=O)Nc2ccccc2)c(OC)c1. The smallest absolute Gasteiger partial charge is 0.248 e. The summed E-state index contributed by atoms with van der Waals surface area (Å²) in [5.74, 6) is 1.16. The minimum Gasteiger partial charge on any atom is -0.497 e. The summed E-state index contributed by atoms with van der Waals surface area (Å²) >= 11 is 0. The number of amides is 1. The zero-order valence-electron chi connectivity index (χ0n) is 12.0. The average Bonchev–Trinajstić information content (AvgIpc) is 2.53. The Kier molecular flexibility index (Phi) is 4.99. The standard InChI is InChI=1S/C17H17NO3/c1-20-15-10-8-13(16(12-15)21-2)9-11-17(19)18-14-6-4-3-5-7-14/h3-12H,1-2H3,(H,18,19)/b11-9+. The molecule has 0 bridgehead atoms. The van der Waals surface area contributed by atoms with Crippen LogP contribution in [0.25, 0.3) is 6.08 Å². The molecule has 0 unspecified atom stereocenters. The molecule has 0 fully saturated rings. The highest BCUT2D eigenvalue weighted by Gasteiger charge is 2.03. The topological polar surface area (TPSA) is 47.6 Å². The second-order valence-electron chi connectivity index (χ2n) is 4.30. The molecule has 0 radical (unpaired) electrons. The molecule has 2 aromatic carbocycles. The Morgan fingerprint density at radius 2 is 1.81 bits per heavy atom. The van der Waals surface area contributed by atoms with Gasteiger partial charge in [-0.05, 0) is 30.3 Å². The van der Waals surface area contributed by atoms with E-state index in [1.165, 1.54) is 6.08 Å². The minimum absolute atomic E-state index is 0.195. The van der Waals surface area contributed by atoms with Gasteiger partial charge in [0.2, 0.25) is 5.91 Å². The summed E-state index contributed by atoms with van der Waals surface area (Å²) in [5, 5.41) is 2.78. The fourth-order valence-electron chi connectivity index (χ4n) is 1.83. The first-order chi connectivity index (χ1) is 10.2. The summed E-state index contributed by atoms with van der Waals surface area (Å²) < 4.78 is 10.4. The molecule has 0 aromatic heterocycles. The third-order valence-corrected chi connectivity index (χ3v) is 2.90. The molecule has 0 aliphatic carbocycles.